The molecule has 1 unspecified atom stereocenters. The summed E-state index contributed by atoms with van der Waals surface area (Å²) in [6, 6.07) is 0. The zero-order valence-corrected chi connectivity index (χ0v) is 69.9. The average Bonchev–Trinajstić information content (AvgIpc) is 1.58. The van der Waals surface area contributed by atoms with E-state index < -0.39 is 172 Å². The number of Topliss-reactive ketones (excluding diaryl/α,β-unsaturated/α-hetero) is 1. The number of aliphatic hydroxyl groups excluding tert-OH is 1. The first-order valence-corrected chi connectivity index (χ1v) is 37.7. The highest BCUT2D eigenvalue weighted by atomic mass is 19.4. The Morgan fingerprint density at radius 1 is 0.533 bits per heavy atom. The van der Waals surface area contributed by atoms with Gasteiger partial charge < -0.3 is 105 Å². The molecule has 4 N–H and O–H groups in total. The van der Waals surface area contributed by atoms with Crippen molar-refractivity contribution in [2.75, 3.05) is 5.32 Å². The molecule has 120 heavy (non-hydrogen) atoms. The molecule has 19 atom stereocenters. The molecular formula is C74H104F9N5O32. The van der Waals surface area contributed by atoms with Gasteiger partial charge in [-0.25, -0.2) is 23.7 Å². The second-order valence-electron chi connectivity index (χ2n) is 33.2. The summed E-state index contributed by atoms with van der Waals surface area (Å²) in [6.45, 7) is 32.8. The van der Waals surface area contributed by atoms with Crippen molar-refractivity contribution in [2.45, 2.75) is 379 Å². The number of aromatic nitrogens is 4. The number of terminal acetylenes is 1. The van der Waals surface area contributed by atoms with Gasteiger partial charge in [-0.15, -0.1) is 6.42 Å². The lowest BCUT2D eigenvalue weighted by molar-refractivity contribution is -0.241. The summed E-state index contributed by atoms with van der Waals surface area (Å²) in [5.41, 5.74) is -8.22. The maximum atomic E-state index is 13.3. The number of esters is 6. The molecule has 2 aromatic rings. The Balaban J connectivity index is 0.000000208. The second kappa shape index (κ2) is 37.1. The summed E-state index contributed by atoms with van der Waals surface area (Å²) in [5, 5.41) is 21.3. The number of alkyl halides is 9. The Labute approximate surface area is 681 Å². The third kappa shape index (κ3) is 26.2. The fourth-order valence-electron chi connectivity index (χ4n) is 13.8. The molecule has 2 aromatic heterocycles. The van der Waals surface area contributed by atoms with E-state index in [-0.39, 0.29) is 104 Å². The molecule has 10 aliphatic rings. The van der Waals surface area contributed by atoms with Gasteiger partial charge in [0.15, 0.2) is 77.6 Å². The first kappa shape index (κ1) is 99.5. The molecule has 12 rings (SSSR count). The predicted octanol–water partition coefficient (Wildman–Crippen LogP) is 6.70. The molecule has 10 saturated heterocycles. The van der Waals surface area contributed by atoms with Crippen molar-refractivity contribution in [1.82, 2.24) is 19.1 Å². The Bertz CT molecular complexity index is 4110. The topological polar surface area (TPSA) is 446 Å². The van der Waals surface area contributed by atoms with Crippen LogP contribution in [0.4, 0.5) is 45.5 Å². The summed E-state index contributed by atoms with van der Waals surface area (Å²) in [7, 11) is 0. The number of rotatable bonds is 15. The number of hydrogen-bond acceptors (Lipinski definition) is 33. The van der Waals surface area contributed by atoms with Gasteiger partial charge >= 0.3 is 60.0 Å². The number of fused-ring (bicyclic) bond motifs is 5. The molecule has 0 spiro atoms. The van der Waals surface area contributed by atoms with Crippen LogP contribution >= 0.6 is 0 Å². The normalized spacial score (nSPS) is 30.6. The number of nitrogens with one attached hydrogen (secondary N) is 2. The fourth-order valence-corrected chi connectivity index (χ4v) is 13.8. The minimum Gasteiger partial charge on any atom is -0.458 e. The van der Waals surface area contributed by atoms with Crippen molar-refractivity contribution in [2.24, 2.45) is 0 Å². The van der Waals surface area contributed by atoms with E-state index in [0.717, 1.165) is 50.7 Å². The number of H-pyrrole nitrogens is 1. The average molecular weight is 1750 g/mol. The first-order valence-electron chi connectivity index (χ1n) is 37.7. The third-order valence-corrected chi connectivity index (χ3v) is 19.1. The number of anilines is 1. The summed E-state index contributed by atoms with van der Waals surface area (Å²) >= 11 is 0. The Hall–Kier alpha value is -7.60. The molecular weight excluding hydrogens is 1640 g/mol. The number of imidazole rings is 1. The van der Waals surface area contributed by atoms with Crippen LogP contribution in [0.1, 0.15) is 197 Å². The van der Waals surface area contributed by atoms with Gasteiger partial charge in [-0.1, -0.05) is 5.92 Å². The van der Waals surface area contributed by atoms with E-state index in [0.29, 0.717) is 25.7 Å². The van der Waals surface area contributed by atoms with Gasteiger partial charge in [0, 0.05) is 66.2 Å². The number of aliphatic hydroxyl groups is 2. The SMILES string of the molecule is C#CCn1c(=O)n([C@@H]2O[C@H](C(C)(C)OC(=O)C(F)(F)F)C[C@H]2OC(C)=O)c2nc(NC(C)=O)[nH]c(=O)c21.CC(=O)OC1O[C@H](C(C)(C)OC(=O)C(F)(F)F)C[C@H]1OC(C)=O.CC(=O)[C@@H]1C[C@H]2OC(C)(C)O[C@H]2O1.CC1(C)O[C@H]2O[C@H](C(C)(C)O)C[C@H]2O1.CC1(C)O[C@H]2O[C@H](C(C)(C)OC(=O)C(F)(F)F)C[C@H]2O1.C[C@@H](O)[C@@H]1C[C@H]2OC(C)(C)O[C@H]2O1. The molecule has 0 radical (unpaired) electrons. The van der Waals surface area contributed by atoms with E-state index in [1.807, 2.05) is 41.5 Å². The Morgan fingerprint density at radius 3 is 1.28 bits per heavy atom. The number of halogens is 9. The second-order valence-corrected chi connectivity index (χ2v) is 33.2. The van der Waals surface area contributed by atoms with Crippen molar-refractivity contribution >= 4 is 64.6 Å². The zero-order valence-electron chi connectivity index (χ0n) is 69.9. The smallest absolute Gasteiger partial charge is 0.458 e. The van der Waals surface area contributed by atoms with E-state index in [9.17, 15) is 97.7 Å². The summed E-state index contributed by atoms with van der Waals surface area (Å²) < 4.78 is 220. The molecule has 680 valence electrons. The fraction of sp³-hybridized carbons (Fsp3) is 0.797. The highest BCUT2D eigenvalue weighted by Crippen LogP contribution is 2.46. The van der Waals surface area contributed by atoms with E-state index in [1.54, 1.807) is 34.6 Å². The van der Waals surface area contributed by atoms with E-state index in [2.05, 4.69) is 35.4 Å². The van der Waals surface area contributed by atoms with Gasteiger partial charge in [-0.3, -0.25) is 43.6 Å². The van der Waals surface area contributed by atoms with Gasteiger partial charge in [0.2, 0.25) is 18.1 Å². The molecule has 37 nitrogen and oxygen atoms in total. The number of carbonyl (C=O) groups is 8. The highest BCUT2D eigenvalue weighted by Gasteiger charge is 2.59. The number of nitrogens with zero attached hydrogens (tertiary/aromatic N) is 3. The van der Waals surface area contributed by atoms with Crippen LogP contribution in [0.5, 0.6) is 0 Å². The van der Waals surface area contributed by atoms with Crippen molar-refractivity contribution in [3.05, 3.63) is 20.8 Å². The van der Waals surface area contributed by atoms with E-state index in [4.69, 9.17) is 87.0 Å². The maximum absolute atomic E-state index is 13.3. The van der Waals surface area contributed by atoms with Crippen LogP contribution in [0.3, 0.4) is 0 Å². The minimum absolute atomic E-state index is 0.0189. The standard InChI is InChI=1S/C21H22F3N5O8.C13H17F3O7.C12H17F3O5.C10H18O4.C9H16O4.C9H14O4/c1-6-7-28-13-14(26-18(25-9(2)30)27-15(13)32)29(19(28)34)16-11(35-10(3)31)8-12(36-16)20(4,5)37-17(33)21(22,23)24;1-6(17)20-8-5-9(22-10(8)21-7(2)18)12(3,4)23-11(19)13(14,15)16;1-10(2,20-9(16)12(13,14)15)7-5-6-8(17-7)19-11(3,4)18-6;1-9(2,11)7-5-6-8(12-7)14-10(3,4)13-6;2*1-5(10)6-4-7-8(11-6)13-9(2,3)12-7/h1,11-12,16H,7-8H2,2-5H3,(H2,25,26,27,30,32);8-10H,5H2,1-4H3;6-8H,5H2,1-4H3;6-8,11H,5H2,1-4H3;5-8,10H,4H2,1-3H3;6-8H,4H2,1-3H3/t11-,12+,16-;8-,9+,10?;2*6-,7+,8-;5-,6+,7-,8-;6-,7+,8+/m111110/s1. The van der Waals surface area contributed by atoms with Crippen LogP contribution in [-0.4, -0.2) is 252 Å². The lowest BCUT2D eigenvalue weighted by Crippen LogP contribution is -2.45. The summed E-state index contributed by atoms with van der Waals surface area (Å²) in [4.78, 5) is 122. The van der Waals surface area contributed by atoms with Gasteiger partial charge in [0.05, 0.1) is 30.5 Å². The van der Waals surface area contributed by atoms with Crippen LogP contribution in [0.15, 0.2) is 9.59 Å². The van der Waals surface area contributed by atoms with Gasteiger partial charge in [-0.05, 0) is 125 Å². The minimum atomic E-state index is -5.28. The van der Waals surface area contributed by atoms with Crippen LogP contribution in [0.2, 0.25) is 0 Å². The molecule has 0 bridgehead atoms. The number of carbonyl (C=O) groups excluding carboxylic acids is 8. The van der Waals surface area contributed by atoms with Gasteiger partial charge in [0.1, 0.15) is 71.7 Å². The molecule has 0 aliphatic carbocycles. The lowest BCUT2D eigenvalue weighted by atomic mass is 9.98. The number of hydrogen-bond donors (Lipinski definition) is 4. The molecule has 10 aliphatic heterocycles. The zero-order chi connectivity index (χ0) is 91.1. The van der Waals surface area contributed by atoms with Crippen molar-refractivity contribution in [1.29, 1.82) is 0 Å². The monoisotopic (exact) mass is 1750 g/mol. The maximum Gasteiger partial charge on any atom is 0.490 e. The van der Waals surface area contributed by atoms with Crippen LogP contribution in [0, 0.1) is 12.3 Å². The molecule has 0 aromatic carbocycles. The highest BCUT2D eigenvalue weighted by molar-refractivity contribution is 5.87. The van der Waals surface area contributed by atoms with Crippen molar-refractivity contribution in [3.63, 3.8) is 0 Å². The number of aromatic amines is 1. The van der Waals surface area contributed by atoms with E-state index in [1.165, 1.54) is 34.6 Å². The van der Waals surface area contributed by atoms with Crippen molar-refractivity contribution < 1.29 is 183 Å². The Morgan fingerprint density at radius 2 is 0.908 bits per heavy atom. The molecule has 46 heteroatoms. The molecule has 0 saturated carbocycles. The quantitative estimate of drug-likeness (QED) is 0.0623. The number of amides is 1. The van der Waals surface area contributed by atoms with Crippen LogP contribution < -0.4 is 16.6 Å². The third-order valence-electron chi connectivity index (χ3n) is 19.1. The van der Waals surface area contributed by atoms with Gasteiger partial charge in [0.25, 0.3) is 5.56 Å². The predicted molar refractivity (Wildman–Crippen MR) is 383 cm³/mol. The molecule has 12 heterocycles. The van der Waals surface area contributed by atoms with Gasteiger partial charge in [-0.2, -0.15) is 44.5 Å². The number of ether oxygens (including phenoxy) is 20. The lowest BCUT2D eigenvalue weighted by Gasteiger charge is -2.32. The summed E-state index contributed by atoms with van der Waals surface area (Å²) in [5.74, 6) is -10.4. The molecule has 1 amide bonds. The Kier molecular flexibility index (Phi) is 30.7. The van der Waals surface area contributed by atoms with Crippen molar-refractivity contribution in [3.8, 4) is 12.3 Å². The van der Waals surface area contributed by atoms with E-state index >= 15 is 0 Å². The van der Waals surface area contributed by atoms with Crippen LogP contribution in [-0.2, 0) is 140 Å². The number of ketones is 1. The van der Waals surface area contributed by atoms with Crippen LogP contribution in [0.25, 0.3) is 11.2 Å². The summed E-state index contributed by atoms with van der Waals surface area (Å²) in [6.07, 6.45) is -19.7. The first-order chi connectivity index (χ1) is 54.5. The molecule has 10 fully saturated rings. The largest absolute Gasteiger partial charge is 0.490 e.